The van der Waals surface area contributed by atoms with Gasteiger partial charge in [0.25, 0.3) is 0 Å². The third kappa shape index (κ3) is 1.31. The van der Waals surface area contributed by atoms with Crippen LogP contribution in [0.2, 0.25) is 13.1 Å². The summed E-state index contributed by atoms with van der Waals surface area (Å²) >= 11 is 0. The number of hydrogen-bond donors (Lipinski definition) is 0. The molecule has 0 bridgehead atoms. The molecule has 0 unspecified atom stereocenters. The predicted octanol–water partition coefficient (Wildman–Crippen LogP) is 3.41. The van der Waals surface area contributed by atoms with Crippen LogP contribution < -0.4 is 10.4 Å². The maximum Gasteiger partial charge on any atom is 0.113 e. The lowest BCUT2D eigenvalue weighted by molar-refractivity contribution is 1.28. The van der Waals surface area contributed by atoms with Crippen LogP contribution in [0, 0.1) is 20.8 Å². The summed E-state index contributed by atoms with van der Waals surface area (Å²) in [6.45, 7) is 11.7. The van der Waals surface area contributed by atoms with Gasteiger partial charge >= 0.3 is 0 Å². The van der Waals surface area contributed by atoms with Gasteiger partial charge in [-0.1, -0.05) is 43.4 Å². The minimum atomic E-state index is -1.47. The quantitative estimate of drug-likeness (QED) is 0.630. The molecule has 92 valence electrons. The molecule has 0 amide bonds. The molecular formula is C17H20Si. The van der Waals surface area contributed by atoms with Crippen molar-refractivity contribution in [1.29, 1.82) is 0 Å². The molecule has 0 spiro atoms. The maximum atomic E-state index is 2.48. The average molecular weight is 252 g/mol. The van der Waals surface area contributed by atoms with Crippen LogP contribution in [0.15, 0.2) is 30.3 Å². The standard InChI is InChI=1S/C17H20Si/c1-11-10-16-17(13(3)12(11)2)14-8-6-7-9-15(14)18(16,4)5/h6-10H,1-5H3. The fourth-order valence-corrected chi connectivity index (χ4v) is 6.52. The summed E-state index contributed by atoms with van der Waals surface area (Å²) in [5, 5.41) is 3.23. The lowest BCUT2D eigenvalue weighted by Gasteiger charge is -2.20. The number of benzene rings is 2. The lowest BCUT2D eigenvalue weighted by atomic mass is 9.94. The zero-order valence-corrected chi connectivity index (χ0v) is 12.9. The predicted molar refractivity (Wildman–Crippen MR) is 82.8 cm³/mol. The summed E-state index contributed by atoms with van der Waals surface area (Å²) in [5.41, 5.74) is 7.40. The summed E-state index contributed by atoms with van der Waals surface area (Å²) in [4.78, 5) is 0. The van der Waals surface area contributed by atoms with Gasteiger partial charge in [-0.05, 0) is 59.0 Å². The first-order valence-corrected chi connectivity index (χ1v) is 9.65. The van der Waals surface area contributed by atoms with E-state index in [-0.39, 0.29) is 0 Å². The van der Waals surface area contributed by atoms with E-state index in [1.807, 2.05) is 0 Å². The summed E-state index contributed by atoms with van der Waals surface area (Å²) in [6.07, 6.45) is 0. The third-order valence-corrected chi connectivity index (χ3v) is 8.23. The van der Waals surface area contributed by atoms with Crippen LogP contribution >= 0.6 is 0 Å². The van der Waals surface area contributed by atoms with Gasteiger partial charge in [0.05, 0.1) is 0 Å². The van der Waals surface area contributed by atoms with E-state index in [0.717, 1.165) is 0 Å². The lowest BCUT2D eigenvalue weighted by Crippen LogP contribution is -2.49. The van der Waals surface area contributed by atoms with Gasteiger partial charge in [-0.25, -0.2) is 0 Å². The Labute approximate surface area is 111 Å². The third-order valence-electron chi connectivity index (χ3n) is 4.70. The van der Waals surface area contributed by atoms with Gasteiger partial charge in [-0.2, -0.15) is 0 Å². The van der Waals surface area contributed by atoms with E-state index >= 15 is 0 Å². The Balaban J connectivity index is 2.47. The molecule has 0 atom stereocenters. The molecule has 1 heteroatoms. The van der Waals surface area contributed by atoms with E-state index < -0.39 is 8.07 Å². The van der Waals surface area contributed by atoms with Gasteiger partial charge in [0.2, 0.25) is 0 Å². The van der Waals surface area contributed by atoms with Crippen molar-refractivity contribution in [2.75, 3.05) is 0 Å². The molecule has 1 heterocycles. The Morgan fingerprint density at radius 2 is 1.50 bits per heavy atom. The summed E-state index contributed by atoms with van der Waals surface area (Å²) in [6, 6.07) is 11.5. The van der Waals surface area contributed by atoms with Gasteiger partial charge < -0.3 is 0 Å². The van der Waals surface area contributed by atoms with Crippen LogP contribution in [0.1, 0.15) is 16.7 Å². The summed E-state index contributed by atoms with van der Waals surface area (Å²) in [7, 11) is -1.47. The second-order valence-electron chi connectivity index (χ2n) is 6.04. The zero-order valence-electron chi connectivity index (χ0n) is 11.9. The molecule has 18 heavy (non-hydrogen) atoms. The number of fused-ring (bicyclic) bond motifs is 3. The van der Waals surface area contributed by atoms with Gasteiger partial charge in [-0.3, -0.25) is 0 Å². The first-order chi connectivity index (χ1) is 8.44. The van der Waals surface area contributed by atoms with E-state index in [9.17, 15) is 0 Å². The van der Waals surface area contributed by atoms with E-state index in [4.69, 9.17) is 0 Å². The first kappa shape index (κ1) is 11.7. The normalized spacial score (nSPS) is 15.4. The molecule has 2 aromatic carbocycles. The van der Waals surface area contributed by atoms with Crippen LogP contribution in [-0.2, 0) is 0 Å². The molecule has 0 radical (unpaired) electrons. The number of rotatable bonds is 0. The molecule has 2 aromatic rings. The van der Waals surface area contributed by atoms with E-state index in [1.165, 1.54) is 27.8 Å². The molecule has 1 aliphatic heterocycles. The molecule has 0 N–H and O–H groups in total. The molecule has 0 aliphatic carbocycles. The van der Waals surface area contributed by atoms with Gasteiger partial charge in [-0.15, -0.1) is 0 Å². The van der Waals surface area contributed by atoms with Crippen molar-refractivity contribution in [2.24, 2.45) is 0 Å². The Hall–Kier alpha value is -1.34. The Bertz CT molecular complexity index is 651. The first-order valence-electron chi connectivity index (χ1n) is 6.65. The molecule has 0 saturated carbocycles. The monoisotopic (exact) mass is 252 g/mol. The van der Waals surface area contributed by atoms with Crippen molar-refractivity contribution in [3.05, 3.63) is 47.0 Å². The molecule has 0 aromatic heterocycles. The van der Waals surface area contributed by atoms with E-state index in [0.29, 0.717) is 0 Å². The van der Waals surface area contributed by atoms with E-state index in [1.54, 1.807) is 10.4 Å². The molecular weight excluding hydrogens is 232 g/mol. The minimum absolute atomic E-state index is 1.44. The fraction of sp³-hybridized carbons (Fsp3) is 0.294. The molecule has 0 fully saturated rings. The molecule has 0 nitrogen and oxygen atoms in total. The van der Waals surface area contributed by atoms with Crippen LogP contribution in [-0.4, -0.2) is 8.07 Å². The highest BCUT2D eigenvalue weighted by Gasteiger charge is 2.38. The van der Waals surface area contributed by atoms with Crippen molar-refractivity contribution < 1.29 is 0 Å². The minimum Gasteiger partial charge on any atom is -0.0623 e. The Morgan fingerprint density at radius 3 is 2.22 bits per heavy atom. The van der Waals surface area contributed by atoms with Gasteiger partial charge in [0.1, 0.15) is 8.07 Å². The summed E-state index contributed by atoms with van der Waals surface area (Å²) in [5.74, 6) is 0. The van der Waals surface area contributed by atoms with Crippen LogP contribution in [0.25, 0.3) is 11.1 Å². The topological polar surface area (TPSA) is 0 Å². The highest BCUT2D eigenvalue weighted by atomic mass is 28.3. The van der Waals surface area contributed by atoms with E-state index in [2.05, 4.69) is 64.2 Å². The van der Waals surface area contributed by atoms with Gasteiger partial charge in [0, 0.05) is 0 Å². The van der Waals surface area contributed by atoms with Crippen LogP contribution in [0.4, 0.5) is 0 Å². The molecule has 0 saturated heterocycles. The number of aryl methyl sites for hydroxylation is 1. The fourth-order valence-electron chi connectivity index (χ4n) is 3.31. The largest absolute Gasteiger partial charge is 0.113 e. The maximum absolute atomic E-state index is 2.48. The average Bonchev–Trinajstić information content (AvgIpc) is 2.56. The summed E-state index contributed by atoms with van der Waals surface area (Å²) < 4.78 is 0. The van der Waals surface area contributed by atoms with Crippen molar-refractivity contribution in [1.82, 2.24) is 0 Å². The highest BCUT2D eigenvalue weighted by molar-refractivity contribution is 7.03. The van der Waals surface area contributed by atoms with Gasteiger partial charge in [0.15, 0.2) is 0 Å². The molecule has 3 rings (SSSR count). The van der Waals surface area contributed by atoms with Crippen LogP contribution in [0.3, 0.4) is 0 Å². The Kier molecular flexibility index (Phi) is 2.33. The van der Waals surface area contributed by atoms with Crippen molar-refractivity contribution in [2.45, 2.75) is 33.9 Å². The highest BCUT2D eigenvalue weighted by Crippen LogP contribution is 2.33. The second-order valence-corrected chi connectivity index (χ2v) is 10.4. The van der Waals surface area contributed by atoms with Crippen molar-refractivity contribution >= 4 is 18.4 Å². The SMILES string of the molecule is Cc1cc2c(c(C)c1C)-c1ccccc1[Si]2(C)C. The second kappa shape index (κ2) is 3.58. The van der Waals surface area contributed by atoms with Crippen molar-refractivity contribution in [3.8, 4) is 11.1 Å². The van der Waals surface area contributed by atoms with Crippen molar-refractivity contribution in [3.63, 3.8) is 0 Å². The smallest absolute Gasteiger partial charge is 0.0623 e. The zero-order chi connectivity index (χ0) is 13.1. The molecule has 1 aliphatic rings. The van der Waals surface area contributed by atoms with Crippen LogP contribution in [0.5, 0.6) is 0 Å². The Morgan fingerprint density at radius 1 is 0.833 bits per heavy atom. The number of hydrogen-bond acceptors (Lipinski definition) is 0.